The van der Waals surface area contributed by atoms with Gasteiger partial charge in [0.25, 0.3) is 0 Å². The molecule has 1 aromatic carbocycles. The fraction of sp³-hybridized carbons (Fsp3) is 0.300. The summed E-state index contributed by atoms with van der Waals surface area (Å²) in [6.07, 6.45) is -4.70. The molecular weight excluding hydrogens is 289 g/mol. The fourth-order valence-electron chi connectivity index (χ4n) is 1.14. The van der Waals surface area contributed by atoms with E-state index < -0.39 is 17.9 Å². The predicted octanol–water partition coefficient (Wildman–Crippen LogP) is 3.94. The highest BCUT2D eigenvalue weighted by atomic mass is 79.9. The maximum Gasteiger partial charge on any atom is 0.573 e. The molecule has 0 radical (unpaired) electrons. The van der Waals surface area contributed by atoms with Crippen LogP contribution >= 0.6 is 15.9 Å². The number of hydrogen-bond acceptors (Lipinski definition) is 2. The molecule has 0 heterocycles. The van der Waals surface area contributed by atoms with Crippen LogP contribution in [0.3, 0.4) is 0 Å². The summed E-state index contributed by atoms with van der Waals surface area (Å²) in [6, 6.07) is 4.17. The topological polar surface area (TPSA) is 26.3 Å². The fourth-order valence-corrected chi connectivity index (χ4v) is 1.59. The van der Waals surface area contributed by atoms with Gasteiger partial charge in [-0.15, -0.1) is 13.2 Å². The van der Waals surface area contributed by atoms with Crippen LogP contribution in [0.25, 0.3) is 0 Å². The Hall–Kier alpha value is -1.04. The molecule has 0 unspecified atom stereocenters. The lowest BCUT2D eigenvalue weighted by Gasteiger charge is -2.13. The highest BCUT2D eigenvalue weighted by molar-refractivity contribution is 9.10. The molecule has 1 aromatic rings. The largest absolute Gasteiger partial charge is 0.573 e. The van der Waals surface area contributed by atoms with Crippen LogP contribution in [0.5, 0.6) is 5.75 Å². The molecule has 0 fully saturated rings. The molecule has 0 saturated heterocycles. The summed E-state index contributed by atoms with van der Waals surface area (Å²) in [4.78, 5) is 11.4. The standard InChI is InChI=1S/C10H8BrF3O2/c1-2-8(15)6-4-3-5-7(11)9(6)16-10(12,13)14/h3-5H,2H2,1H3. The van der Waals surface area contributed by atoms with Crippen LogP contribution in [-0.4, -0.2) is 12.1 Å². The number of ketones is 1. The molecule has 0 atom stereocenters. The average molecular weight is 297 g/mol. The molecule has 16 heavy (non-hydrogen) atoms. The van der Waals surface area contributed by atoms with Crippen LogP contribution in [0.1, 0.15) is 23.7 Å². The van der Waals surface area contributed by atoms with Crippen molar-refractivity contribution in [2.45, 2.75) is 19.7 Å². The van der Waals surface area contributed by atoms with Crippen molar-refractivity contribution in [3.8, 4) is 5.75 Å². The third-order valence-corrected chi connectivity index (χ3v) is 2.43. The van der Waals surface area contributed by atoms with E-state index in [9.17, 15) is 18.0 Å². The molecule has 88 valence electrons. The Bertz CT molecular complexity index is 402. The highest BCUT2D eigenvalue weighted by Gasteiger charge is 2.33. The molecule has 0 saturated carbocycles. The number of para-hydroxylation sites is 1. The van der Waals surface area contributed by atoms with Gasteiger partial charge < -0.3 is 4.74 Å². The van der Waals surface area contributed by atoms with Gasteiger partial charge in [-0.05, 0) is 28.1 Å². The Morgan fingerprint density at radius 2 is 2.06 bits per heavy atom. The normalized spacial score (nSPS) is 11.3. The molecule has 2 nitrogen and oxygen atoms in total. The Balaban J connectivity index is 3.19. The van der Waals surface area contributed by atoms with Gasteiger partial charge in [0.2, 0.25) is 0 Å². The number of halogens is 4. The van der Waals surface area contributed by atoms with Crippen LogP contribution < -0.4 is 4.74 Å². The summed E-state index contributed by atoms with van der Waals surface area (Å²) in [7, 11) is 0. The zero-order chi connectivity index (χ0) is 12.3. The lowest BCUT2D eigenvalue weighted by Crippen LogP contribution is -2.19. The number of carbonyl (C=O) groups is 1. The molecule has 0 N–H and O–H groups in total. The first-order valence-corrected chi connectivity index (χ1v) is 5.22. The second kappa shape index (κ2) is 4.86. The minimum absolute atomic E-state index is 0.0748. The van der Waals surface area contributed by atoms with Crippen molar-refractivity contribution in [1.82, 2.24) is 0 Å². The number of ether oxygens (including phenoxy) is 1. The van der Waals surface area contributed by atoms with Crippen molar-refractivity contribution in [2.75, 3.05) is 0 Å². The van der Waals surface area contributed by atoms with Crippen LogP contribution in [0.15, 0.2) is 22.7 Å². The Kier molecular flexibility index (Phi) is 3.96. The molecule has 0 aromatic heterocycles. The second-order valence-electron chi connectivity index (χ2n) is 2.94. The Morgan fingerprint density at radius 3 is 2.56 bits per heavy atom. The lowest BCUT2D eigenvalue weighted by molar-refractivity contribution is -0.275. The van der Waals surface area contributed by atoms with E-state index in [1.807, 2.05) is 0 Å². The van der Waals surface area contributed by atoms with Gasteiger partial charge in [-0.2, -0.15) is 0 Å². The predicted molar refractivity (Wildman–Crippen MR) is 55.4 cm³/mol. The van der Waals surface area contributed by atoms with Crippen molar-refractivity contribution in [3.63, 3.8) is 0 Å². The number of alkyl halides is 3. The average Bonchev–Trinajstić information content (AvgIpc) is 2.18. The van der Waals surface area contributed by atoms with Crippen LogP contribution in [0.2, 0.25) is 0 Å². The second-order valence-corrected chi connectivity index (χ2v) is 3.80. The number of hydrogen-bond donors (Lipinski definition) is 0. The zero-order valence-corrected chi connectivity index (χ0v) is 9.85. The maximum atomic E-state index is 12.1. The summed E-state index contributed by atoms with van der Waals surface area (Å²) >= 11 is 2.92. The minimum Gasteiger partial charge on any atom is -0.404 e. The van der Waals surface area contributed by atoms with Gasteiger partial charge in [-0.3, -0.25) is 4.79 Å². The lowest BCUT2D eigenvalue weighted by atomic mass is 10.1. The van der Waals surface area contributed by atoms with Gasteiger partial charge >= 0.3 is 6.36 Å². The molecule has 0 spiro atoms. The van der Waals surface area contributed by atoms with Crippen LogP contribution in [0, 0.1) is 0 Å². The maximum absolute atomic E-state index is 12.1. The number of carbonyl (C=O) groups excluding carboxylic acids is 1. The SMILES string of the molecule is CCC(=O)c1cccc(Br)c1OC(F)(F)F. The third-order valence-electron chi connectivity index (χ3n) is 1.81. The smallest absolute Gasteiger partial charge is 0.404 e. The zero-order valence-electron chi connectivity index (χ0n) is 8.27. The molecule has 0 aliphatic rings. The van der Waals surface area contributed by atoms with Gasteiger partial charge in [-0.1, -0.05) is 13.0 Å². The van der Waals surface area contributed by atoms with Gasteiger partial charge in [-0.25, -0.2) is 0 Å². The summed E-state index contributed by atoms with van der Waals surface area (Å²) in [6.45, 7) is 1.57. The molecule has 0 bridgehead atoms. The van der Waals surface area contributed by atoms with Crippen molar-refractivity contribution in [1.29, 1.82) is 0 Å². The molecule has 1 rings (SSSR count). The monoisotopic (exact) mass is 296 g/mol. The first kappa shape index (κ1) is 13.0. The third kappa shape index (κ3) is 3.23. The first-order chi connectivity index (χ1) is 7.35. The summed E-state index contributed by atoms with van der Waals surface area (Å²) in [5.41, 5.74) is -0.0748. The molecule has 6 heteroatoms. The van der Waals surface area contributed by atoms with Gasteiger partial charge in [0.1, 0.15) is 0 Å². The van der Waals surface area contributed by atoms with Crippen LogP contribution in [-0.2, 0) is 0 Å². The Morgan fingerprint density at radius 1 is 1.44 bits per heavy atom. The van der Waals surface area contributed by atoms with E-state index in [1.165, 1.54) is 18.2 Å². The summed E-state index contributed by atoms with van der Waals surface area (Å²) in [5.74, 6) is -0.887. The van der Waals surface area contributed by atoms with Gasteiger partial charge in [0, 0.05) is 6.42 Å². The van der Waals surface area contributed by atoms with Crippen molar-refractivity contribution >= 4 is 21.7 Å². The minimum atomic E-state index is -4.81. The Labute approximate surface area is 98.5 Å². The van der Waals surface area contributed by atoms with Gasteiger partial charge in [0.05, 0.1) is 10.0 Å². The molecule has 0 aliphatic carbocycles. The quantitative estimate of drug-likeness (QED) is 0.790. The van der Waals surface area contributed by atoms with E-state index in [-0.39, 0.29) is 16.5 Å². The van der Waals surface area contributed by atoms with E-state index in [2.05, 4.69) is 20.7 Å². The summed E-state index contributed by atoms with van der Waals surface area (Å²) < 4.78 is 40.3. The number of benzene rings is 1. The van der Waals surface area contributed by atoms with Gasteiger partial charge in [0.15, 0.2) is 11.5 Å². The summed E-state index contributed by atoms with van der Waals surface area (Å²) in [5, 5.41) is 0. The van der Waals surface area contributed by atoms with E-state index in [0.29, 0.717) is 0 Å². The van der Waals surface area contributed by atoms with Crippen molar-refractivity contribution in [3.05, 3.63) is 28.2 Å². The first-order valence-electron chi connectivity index (χ1n) is 4.42. The van der Waals surface area contributed by atoms with E-state index in [0.717, 1.165) is 0 Å². The molecular formula is C10H8BrF3O2. The number of rotatable bonds is 3. The number of Topliss-reactive ketones (excluding diaryl/α,β-unsaturated/α-hetero) is 1. The van der Waals surface area contributed by atoms with Crippen molar-refractivity contribution in [2.24, 2.45) is 0 Å². The molecule has 0 aliphatic heterocycles. The highest BCUT2D eigenvalue weighted by Crippen LogP contribution is 2.34. The van der Waals surface area contributed by atoms with E-state index in [4.69, 9.17) is 0 Å². The van der Waals surface area contributed by atoms with E-state index >= 15 is 0 Å². The van der Waals surface area contributed by atoms with E-state index in [1.54, 1.807) is 6.92 Å². The van der Waals surface area contributed by atoms with Crippen molar-refractivity contribution < 1.29 is 22.7 Å². The van der Waals surface area contributed by atoms with Crippen LogP contribution in [0.4, 0.5) is 13.2 Å². The molecule has 0 amide bonds.